The van der Waals surface area contributed by atoms with Gasteiger partial charge in [0.25, 0.3) is 0 Å². The molecule has 4 aromatic rings. The second kappa shape index (κ2) is 19.6. The molecule has 2 aromatic carbocycles. The summed E-state index contributed by atoms with van der Waals surface area (Å²) in [6.07, 6.45) is -2.68. The average molecular weight is 894 g/mol. The molecule has 2 aromatic heterocycles. The molecule has 2 amide bonds. The Hall–Kier alpha value is -5.74. The van der Waals surface area contributed by atoms with E-state index in [9.17, 15) is 32.3 Å². The lowest BCUT2D eigenvalue weighted by Gasteiger charge is -2.47. The average Bonchev–Trinajstić information content (AvgIpc) is 3.47. The number of halogens is 6. The molecule has 0 saturated carbocycles. The van der Waals surface area contributed by atoms with Crippen molar-refractivity contribution >= 4 is 17.8 Å². The molecule has 0 radical (unpaired) electrons. The van der Waals surface area contributed by atoms with Crippen LogP contribution in [-0.4, -0.2) is 114 Å². The quantitative estimate of drug-likeness (QED) is 0.0948. The van der Waals surface area contributed by atoms with Gasteiger partial charge in [0.15, 0.2) is 0 Å². The first-order valence-electron chi connectivity index (χ1n) is 20.9. The molecule has 3 aliphatic heterocycles. The van der Waals surface area contributed by atoms with Gasteiger partial charge < -0.3 is 35.4 Å². The molecule has 3 aliphatic rings. The van der Waals surface area contributed by atoms with Gasteiger partial charge in [-0.1, -0.05) is 24.0 Å². The number of hydrogen-bond donors (Lipinski definition) is 4. The smallest absolute Gasteiger partial charge is 0.407 e. The molecule has 4 N–H and O–H groups in total. The Kier molecular flexibility index (Phi) is 14.1. The maximum Gasteiger partial charge on any atom is 0.407 e. The third-order valence-electron chi connectivity index (χ3n) is 12.2. The van der Waals surface area contributed by atoms with Crippen molar-refractivity contribution in [1.82, 2.24) is 30.8 Å². The van der Waals surface area contributed by atoms with Crippen molar-refractivity contribution in [2.75, 3.05) is 44.9 Å². The minimum absolute atomic E-state index is 0.00684. The summed E-state index contributed by atoms with van der Waals surface area (Å²) in [5.41, 5.74) is -1.33. The lowest BCUT2D eigenvalue weighted by atomic mass is 9.82. The van der Waals surface area contributed by atoms with E-state index in [0.29, 0.717) is 34.8 Å². The first-order valence-corrected chi connectivity index (χ1v) is 20.9. The molecule has 3 fully saturated rings. The van der Waals surface area contributed by atoms with Crippen LogP contribution in [0.5, 0.6) is 0 Å². The number of carbonyl (C=O) groups excluding carboxylic acids is 2. The number of piperazine rings is 1. The van der Waals surface area contributed by atoms with Crippen molar-refractivity contribution in [1.29, 1.82) is 0 Å². The van der Waals surface area contributed by atoms with Gasteiger partial charge in [0.1, 0.15) is 29.3 Å². The molecule has 0 spiro atoms. The molecular formula is C46H49F6N7O5. The number of rotatable bonds is 14. The molecule has 5 heterocycles. The van der Waals surface area contributed by atoms with Crippen LogP contribution in [0.4, 0.5) is 37.0 Å². The van der Waals surface area contributed by atoms with Gasteiger partial charge in [-0.3, -0.25) is 14.7 Å². The van der Waals surface area contributed by atoms with Crippen LogP contribution < -0.4 is 20.9 Å². The number of methoxy groups -OCH3 is 1. The van der Waals surface area contributed by atoms with E-state index < -0.39 is 77.9 Å². The number of nitrogens with one attached hydrogen (secondary N) is 3. The van der Waals surface area contributed by atoms with E-state index in [1.807, 2.05) is 17.4 Å². The van der Waals surface area contributed by atoms with Crippen LogP contribution in [0.3, 0.4) is 0 Å². The largest absolute Gasteiger partial charge is 0.453 e. The minimum atomic E-state index is -4.96. The van der Waals surface area contributed by atoms with Crippen LogP contribution in [0.15, 0.2) is 73.1 Å². The van der Waals surface area contributed by atoms with Gasteiger partial charge in [0.2, 0.25) is 5.91 Å². The summed E-state index contributed by atoms with van der Waals surface area (Å²) >= 11 is 0. The number of aliphatic hydroxyl groups excluding tert-OH is 1. The van der Waals surface area contributed by atoms with E-state index in [4.69, 9.17) is 9.72 Å². The number of aromatic nitrogens is 2. The molecule has 340 valence electrons. The van der Waals surface area contributed by atoms with Gasteiger partial charge >= 0.3 is 12.3 Å². The Morgan fingerprint density at radius 3 is 2.14 bits per heavy atom. The van der Waals surface area contributed by atoms with Gasteiger partial charge in [-0.15, -0.1) is 0 Å². The number of fused-ring (bicyclic) bond motifs is 2. The summed E-state index contributed by atoms with van der Waals surface area (Å²) in [7, 11) is 0.930. The highest BCUT2D eigenvalue weighted by atomic mass is 19.4. The third-order valence-corrected chi connectivity index (χ3v) is 12.2. The fourth-order valence-electron chi connectivity index (χ4n) is 8.32. The molecule has 64 heavy (non-hydrogen) atoms. The zero-order valence-corrected chi connectivity index (χ0v) is 35.4. The predicted octanol–water partition coefficient (Wildman–Crippen LogP) is 5.50. The predicted molar refractivity (Wildman–Crippen MR) is 224 cm³/mol. The molecule has 12 nitrogen and oxygen atoms in total. The number of pyridine rings is 2. The van der Waals surface area contributed by atoms with Gasteiger partial charge in [0, 0.05) is 79.0 Å². The maximum absolute atomic E-state index is 15.1. The van der Waals surface area contributed by atoms with Crippen molar-refractivity contribution < 1.29 is 50.5 Å². The normalized spacial score (nSPS) is 19.2. The third kappa shape index (κ3) is 10.6. The lowest BCUT2D eigenvalue weighted by molar-refractivity contribution is -0.220. The van der Waals surface area contributed by atoms with Crippen LogP contribution >= 0.6 is 0 Å². The number of ether oxygens (including phenoxy) is 2. The van der Waals surface area contributed by atoms with Crippen LogP contribution in [0.1, 0.15) is 48.9 Å². The Labute approximate surface area is 366 Å². The van der Waals surface area contributed by atoms with E-state index in [-0.39, 0.29) is 17.7 Å². The number of nitrogens with zero attached hydrogens (tertiary/aromatic N) is 4. The fraction of sp³-hybridized carbons (Fsp3) is 0.435. The number of alkyl carbamates (subject to hydrolysis) is 1. The summed E-state index contributed by atoms with van der Waals surface area (Å²) in [5.74, 6) is 3.24. The number of anilines is 1. The Bertz CT molecular complexity index is 2320. The highest BCUT2D eigenvalue weighted by molar-refractivity contribution is 5.87. The maximum atomic E-state index is 15.1. The zero-order valence-electron chi connectivity index (χ0n) is 35.4. The number of hydrogen-bond acceptors (Lipinski definition) is 10. The van der Waals surface area contributed by atoms with Crippen molar-refractivity contribution in [3.63, 3.8) is 0 Å². The highest BCUT2D eigenvalue weighted by Crippen LogP contribution is 2.41. The Morgan fingerprint density at radius 2 is 1.56 bits per heavy atom. The van der Waals surface area contributed by atoms with E-state index in [1.54, 1.807) is 30.5 Å². The number of alkyl halides is 3. The van der Waals surface area contributed by atoms with Gasteiger partial charge in [-0.05, 0) is 81.1 Å². The van der Waals surface area contributed by atoms with Crippen LogP contribution in [0, 0.1) is 34.7 Å². The van der Waals surface area contributed by atoms with E-state index in [1.165, 1.54) is 12.8 Å². The van der Waals surface area contributed by atoms with Crippen molar-refractivity contribution in [2.24, 2.45) is 5.41 Å². The molecule has 5 atom stereocenters. The molecule has 18 heteroatoms. The second-order valence-corrected chi connectivity index (χ2v) is 16.9. The molecule has 2 unspecified atom stereocenters. The molecular weight excluding hydrogens is 845 g/mol. The Morgan fingerprint density at radius 1 is 0.906 bits per heavy atom. The topological polar surface area (TPSA) is 141 Å². The number of aliphatic hydroxyl groups is 1. The molecule has 2 bridgehead atoms. The highest BCUT2D eigenvalue weighted by Gasteiger charge is 2.56. The van der Waals surface area contributed by atoms with Crippen LogP contribution in [-0.2, 0) is 27.2 Å². The fourth-order valence-corrected chi connectivity index (χ4v) is 8.32. The number of amides is 2. The van der Waals surface area contributed by atoms with E-state index in [2.05, 4.69) is 42.0 Å². The summed E-state index contributed by atoms with van der Waals surface area (Å²) in [5, 5.41) is 18.5. The minimum Gasteiger partial charge on any atom is -0.453 e. The SMILES string of the molecule is COC(=O)N[C@H](C(=O)N[C@@H](Cc1ccc(C#Cc2ccc(N3CC4CCC(C3)N4C3COC3)nc2)cc1)[C@@H](O)CNCc1c(F)cc(-c2cc(F)ccn2)cc1F)C(C)(C)C(F)(F)F. The first kappa shape index (κ1) is 46.3. The summed E-state index contributed by atoms with van der Waals surface area (Å²) in [6.45, 7) is 4.08. The summed E-state index contributed by atoms with van der Waals surface area (Å²) in [6, 6.07) is 12.8. The summed E-state index contributed by atoms with van der Waals surface area (Å²) in [4.78, 5) is 39.4. The Balaban J connectivity index is 1.03. The van der Waals surface area contributed by atoms with Gasteiger partial charge in [-0.2, -0.15) is 13.2 Å². The molecule has 3 saturated heterocycles. The molecule has 7 rings (SSSR count). The first-order chi connectivity index (χ1) is 30.5. The molecule has 0 aliphatic carbocycles. The number of carbonyl (C=O) groups is 2. The van der Waals surface area contributed by atoms with Crippen LogP contribution in [0.2, 0.25) is 0 Å². The number of benzene rings is 2. The lowest BCUT2D eigenvalue weighted by Crippen LogP contribution is -2.62. The van der Waals surface area contributed by atoms with Crippen molar-refractivity contribution in [3.05, 3.63) is 113 Å². The summed E-state index contributed by atoms with van der Waals surface area (Å²) < 4.78 is 96.6. The van der Waals surface area contributed by atoms with Gasteiger partial charge in [0.05, 0.1) is 49.6 Å². The van der Waals surface area contributed by atoms with E-state index in [0.717, 1.165) is 83.5 Å². The van der Waals surface area contributed by atoms with Crippen molar-refractivity contribution in [3.8, 4) is 23.1 Å². The van der Waals surface area contributed by atoms with Crippen molar-refractivity contribution in [2.45, 2.75) is 82.1 Å². The zero-order chi connectivity index (χ0) is 45.8. The van der Waals surface area contributed by atoms with Gasteiger partial charge in [-0.25, -0.2) is 22.9 Å². The monoisotopic (exact) mass is 893 g/mol. The van der Waals surface area contributed by atoms with Crippen LogP contribution in [0.25, 0.3) is 11.3 Å². The van der Waals surface area contributed by atoms with E-state index >= 15 is 8.78 Å². The standard InChI is InChI=1S/C46H49F6N7O5/c1-45(2,46(50,51)52)42(57-44(62)63-3)43(61)56-39(40(60)22-53-21-35-36(48)17-30(18-37(35)49)38-19-31(47)14-15-54-38)16-28-7-4-27(5-8-28)6-9-29-10-13-41(55-20-29)58-23-32-11-12-33(24-58)59(32)34-25-64-26-34/h4-5,7-8,10,13-15,17-20,32-34,39-40,42,53,60H,11-12,16,21-26H2,1-3H3,(H,56,61)(H,57,62)/t32?,33?,39-,40-,42+/m0/s1. The second-order valence-electron chi connectivity index (χ2n) is 16.9.